The van der Waals surface area contributed by atoms with Crippen molar-refractivity contribution in [2.45, 2.75) is 10.9 Å². The second-order valence-electron chi connectivity index (χ2n) is 5.57. The summed E-state index contributed by atoms with van der Waals surface area (Å²) in [6.45, 7) is 4.66. The lowest BCUT2D eigenvalue weighted by Gasteiger charge is -2.36. The maximum Gasteiger partial charge on any atom is 0.119 e. The molecule has 0 amide bonds. The van der Waals surface area contributed by atoms with Crippen molar-refractivity contribution < 1.29 is 4.74 Å². The number of piperazine rings is 1. The fraction of sp³-hybridized carbons (Fsp3) is 0.389. The van der Waals surface area contributed by atoms with Crippen molar-refractivity contribution in [3.05, 3.63) is 54.4 Å². The number of ether oxygens (including phenoxy) is 1. The van der Waals surface area contributed by atoms with E-state index in [4.69, 9.17) is 4.74 Å². The first-order valence-electron chi connectivity index (χ1n) is 7.98. The smallest absolute Gasteiger partial charge is 0.119 e. The number of benzene rings is 1. The second kappa shape index (κ2) is 8.34. The highest BCUT2D eigenvalue weighted by molar-refractivity contribution is 7.98. The Morgan fingerprint density at radius 2 is 2.17 bits per heavy atom. The quantitative estimate of drug-likeness (QED) is 0.825. The summed E-state index contributed by atoms with van der Waals surface area (Å²) in [4.78, 5) is 7.99. The number of aromatic nitrogens is 1. The minimum absolute atomic E-state index is 0.375. The summed E-state index contributed by atoms with van der Waals surface area (Å²) in [5.74, 6) is 0.941. The lowest BCUT2D eigenvalue weighted by molar-refractivity contribution is 0.134. The van der Waals surface area contributed by atoms with Gasteiger partial charge < -0.3 is 10.1 Å². The van der Waals surface area contributed by atoms with Gasteiger partial charge in [0.1, 0.15) is 12.4 Å². The summed E-state index contributed by atoms with van der Waals surface area (Å²) in [5.41, 5.74) is 1.27. The van der Waals surface area contributed by atoms with Gasteiger partial charge in [0.25, 0.3) is 0 Å². The molecule has 0 aliphatic carbocycles. The van der Waals surface area contributed by atoms with Crippen molar-refractivity contribution in [1.82, 2.24) is 15.2 Å². The predicted molar refractivity (Wildman–Crippen MR) is 95.1 cm³/mol. The van der Waals surface area contributed by atoms with E-state index in [0.717, 1.165) is 31.9 Å². The van der Waals surface area contributed by atoms with E-state index in [-0.39, 0.29) is 0 Å². The van der Waals surface area contributed by atoms with Gasteiger partial charge in [0, 0.05) is 49.5 Å². The van der Waals surface area contributed by atoms with Gasteiger partial charge in [0.15, 0.2) is 0 Å². The molecule has 3 rings (SSSR count). The molecule has 1 aliphatic heterocycles. The van der Waals surface area contributed by atoms with E-state index in [9.17, 15) is 0 Å². The van der Waals surface area contributed by atoms with Crippen LogP contribution in [0.4, 0.5) is 0 Å². The van der Waals surface area contributed by atoms with Crippen LogP contribution in [-0.4, -0.2) is 48.9 Å². The Kier molecular flexibility index (Phi) is 5.91. The Hall–Kier alpha value is -1.56. The van der Waals surface area contributed by atoms with Crippen LogP contribution in [0, 0.1) is 0 Å². The van der Waals surface area contributed by atoms with Crippen LogP contribution in [0.1, 0.15) is 11.6 Å². The molecule has 1 saturated heterocycles. The van der Waals surface area contributed by atoms with Crippen LogP contribution in [-0.2, 0) is 0 Å². The highest BCUT2D eigenvalue weighted by atomic mass is 32.2. The number of nitrogens with one attached hydrogen (secondary N) is 1. The number of hydrogen-bond donors (Lipinski definition) is 1. The molecule has 2 aromatic rings. The SMILES string of the molecule is CSc1ccc(OCCN2CCNCC2c2cccnc2)cc1. The molecule has 1 aliphatic rings. The van der Waals surface area contributed by atoms with Crippen LogP contribution >= 0.6 is 11.8 Å². The highest BCUT2D eigenvalue weighted by Gasteiger charge is 2.23. The number of hydrogen-bond acceptors (Lipinski definition) is 5. The lowest BCUT2D eigenvalue weighted by atomic mass is 10.1. The van der Waals surface area contributed by atoms with Crippen LogP contribution in [0.2, 0.25) is 0 Å². The molecule has 0 saturated carbocycles. The van der Waals surface area contributed by atoms with Gasteiger partial charge in [-0.25, -0.2) is 0 Å². The van der Waals surface area contributed by atoms with Gasteiger partial charge in [-0.1, -0.05) is 6.07 Å². The maximum atomic E-state index is 5.91. The summed E-state index contributed by atoms with van der Waals surface area (Å²) in [7, 11) is 0. The van der Waals surface area contributed by atoms with Crippen LogP contribution < -0.4 is 10.1 Å². The van der Waals surface area contributed by atoms with E-state index in [2.05, 4.69) is 39.7 Å². The van der Waals surface area contributed by atoms with E-state index in [1.807, 2.05) is 30.6 Å². The molecule has 1 N–H and O–H groups in total. The van der Waals surface area contributed by atoms with Crippen LogP contribution in [0.15, 0.2) is 53.7 Å². The highest BCUT2D eigenvalue weighted by Crippen LogP contribution is 2.22. The average molecular weight is 329 g/mol. The zero-order chi connectivity index (χ0) is 15.9. The second-order valence-corrected chi connectivity index (χ2v) is 6.45. The Labute approximate surface area is 142 Å². The average Bonchev–Trinajstić information content (AvgIpc) is 2.63. The summed E-state index contributed by atoms with van der Waals surface area (Å²) in [6.07, 6.45) is 5.87. The lowest BCUT2D eigenvalue weighted by Crippen LogP contribution is -2.47. The summed E-state index contributed by atoms with van der Waals surface area (Å²) >= 11 is 1.75. The molecule has 122 valence electrons. The molecule has 4 nitrogen and oxygen atoms in total. The molecule has 2 heterocycles. The van der Waals surface area contributed by atoms with Gasteiger partial charge in [-0.15, -0.1) is 11.8 Å². The molecule has 0 radical (unpaired) electrons. The van der Waals surface area contributed by atoms with E-state index in [1.165, 1.54) is 10.5 Å². The van der Waals surface area contributed by atoms with Gasteiger partial charge in [0.05, 0.1) is 0 Å². The summed E-state index contributed by atoms with van der Waals surface area (Å²) in [5, 5.41) is 3.47. The largest absolute Gasteiger partial charge is 0.492 e. The van der Waals surface area contributed by atoms with Crippen LogP contribution in [0.3, 0.4) is 0 Å². The molecule has 23 heavy (non-hydrogen) atoms. The Morgan fingerprint density at radius 3 is 2.91 bits per heavy atom. The van der Waals surface area contributed by atoms with Crippen molar-refractivity contribution in [2.75, 3.05) is 39.0 Å². The minimum atomic E-state index is 0.375. The van der Waals surface area contributed by atoms with Gasteiger partial charge in [-0.2, -0.15) is 0 Å². The fourth-order valence-electron chi connectivity index (χ4n) is 2.87. The molecular weight excluding hydrogens is 306 g/mol. The standard InChI is InChI=1S/C18H23N3OS/c1-23-17-6-4-16(5-7-17)22-12-11-21-10-9-20-14-18(21)15-3-2-8-19-13-15/h2-8,13,18,20H,9-12,14H2,1H3. The first kappa shape index (κ1) is 16.3. The molecule has 0 spiro atoms. The Morgan fingerprint density at radius 1 is 1.30 bits per heavy atom. The number of rotatable bonds is 6. The Bertz CT molecular complexity index is 591. The number of pyridine rings is 1. The zero-order valence-electron chi connectivity index (χ0n) is 13.4. The third-order valence-electron chi connectivity index (χ3n) is 4.13. The topological polar surface area (TPSA) is 37.4 Å². The number of thioether (sulfide) groups is 1. The minimum Gasteiger partial charge on any atom is -0.492 e. The van der Waals surface area contributed by atoms with E-state index in [0.29, 0.717) is 12.6 Å². The van der Waals surface area contributed by atoms with E-state index in [1.54, 1.807) is 11.8 Å². The molecule has 1 aromatic heterocycles. The van der Waals surface area contributed by atoms with E-state index < -0.39 is 0 Å². The van der Waals surface area contributed by atoms with E-state index >= 15 is 0 Å². The molecule has 1 atom stereocenters. The molecular formula is C18H23N3OS. The van der Waals surface area contributed by atoms with Gasteiger partial charge in [-0.3, -0.25) is 9.88 Å². The van der Waals surface area contributed by atoms with Crippen molar-refractivity contribution in [3.8, 4) is 5.75 Å². The molecule has 1 fully saturated rings. The third kappa shape index (κ3) is 4.47. The molecule has 5 heteroatoms. The summed E-state index contributed by atoms with van der Waals surface area (Å²) < 4.78 is 5.91. The van der Waals surface area contributed by atoms with Gasteiger partial charge in [0.2, 0.25) is 0 Å². The molecule has 0 bridgehead atoms. The zero-order valence-corrected chi connectivity index (χ0v) is 14.3. The van der Waals surface area contributed by atoms with Crippen LogP contribution in [0.5, 0.6) is 5.75 Å². The van der Waals surface area contributed by atoms with Crippen molar-refractivity contribution in [1.29, 1.82) is 0 Å². The fourth-order valence-corrected chi connectivity index (χ4v) is 3.28. The first-order chi connectivity index (χ1) is 11.4. The van der Waals surface area contributed by atoms with Gasteiger partial charge in [-0.05, 0) is 42.2 Å². The summed E-state index contributed by atoms with van der Waals surface area (Å²) in [6, 6.07) is 12.8. The normalized spacial score (nSPS) is 18.7. The van der Waals surface area contributed by atoms with Crippen molar-refractivity contribution in [2.24, 2.45) is 0 Å². The maximum absolute atomic E-state index is 5.91. The number of nitrogens with zero attached hydrogens (tertiary/aromatic N) is 2. The monoisotopic (exact) mass is 329 g/mol. The third-order valence-corrected chi connectivity index (χ3v) is 4.87. The van der Waals surface area contributed by atoms with Crippen molar-refractivity contribution >= 4 is 11.8 Å². The van der Waals surface area contributed by atoms with Crippen molar-refractivity contribution in [3.63, 3.8) is 0 Å². The van der Waals surface area contributed by atoms with Gasteiger partial charge >= 0.3 is 0 Å². The molecule has 1 unspecified atom stereocenters. The Balaban J connectivity index is 1.55. The first-order valence-corrected chi connectivity index (χ1v) is 9.21. The molecule has 1 aromatic carbocycles. The predicted octanol–water partition coefficient (Wildman–Crippen LogP) is 2.83. The van der Waals surface area contributed by atoms with Crippen LogP contribution in [0.25, 0.3) is 0 Å².